The zero-order valence-electron chi connectivity index (χ0n) is 10.8. The molecule has 0 aromatic heterocycles. The van der Waals surface area contributed by atoms with Gasteiger partial charge in [0.05, 0.1) is 5.92 Å². The van der Waals surface area contributed by atoms with Gasteiger partial charge in [-0.1, -0.05) is 19.8 Å². The van der Waals surface area contributed by atoms with Crippen LogP contribution in [-0.4, -0.2) is 43.4 Å². The molecule has 0 spiro atoms. The summed E-state index contributed by atoms with van der Waals surface area (Å²) in [6.45, 7) is 3.10. The van der Waals surface area contributed by atoms with Gasteiger partial charge in [0, 0.05) is 19.6 Å². The number of hydrogen-bond acceptors (Lipinski definition) is 3. The van der Waals surface area contributed by atoms with Crippen molar-refractivity contribution >= 4 is 16.2 Å². The number of rotatable bonds is 7. The molecule has 0 aromatic carbocycles. The van der Waals surface area contributed by atoms with Gasteiger partial charge in [-0.2, -0.15) is 12.7 Å². The van der Waals surface area contributed by atoms with Gasteiger partial charge in [-0.05, 0) is 19.3 Å². The molecule has 0 atom stereocenters. The highest BCUT2D eigenvalue weighted by molar-refractivity contribution is 7.87. The van der Waals surface area contributed by atoms with Crippen LogP contribution < -0.4 is 4.72 Å². The first-order valence-corrected chi connectivity index (χ1v) is 7.89. The van der Waals surface area contributed by atoms with E-state index in [0.717, 1.165) is 19.3 Å². The van der Waals surface area contributed by atoms with Crippen LogP contribution in [-0.2, 0) is 15.0 Å². The van der Waals surface area contributed by atoms with Crippen molar-refractivity contribution in [2.45, 2.75) is 39.0 Å². The third-order valence-electron chi connectivity index (χ3n) is 3.21. The molecule has 1 rings (SSSR count). The fourth-order valence-electron chi connectivity index (χ4n) is 2.01. The third-order valence-corrected chi connectivity index (χ3v) is 4.82. The second-order valence-electron chi connectivity index (χ2n) is 4.62. The summed E-state index contributed by atoms with van der Waals surface area (Å²) in [4.78, 5) is 10.8. The van der Waals surface area contributed by atoms with Crippen molar-refractivity contribution in [2.24, 2.45) is 5.92 Å². The minimum absolute atomic E-state index is 0.292. The Balaban J connectivity index is 2.38. The zero-order valence-corrected chi connectivity index (χ0v) is 11.6. The number of hydrogen-bond donors (Lipinski definition) is 2. The van der Waals surface area contributed by atoms with E-state index in [4.69, 9.17) is 5.11 Å². The molecule has 6 nitrogen and oxygen atoms in total. The summed E-state index contributed by atoms with van der Waals surface area (Å²) in [5, 5.41) is 8.84. The third kappa shape index (κ3) is 4.55. The van der Waals surface area contributed by atoms with E-state index in [0.29, 0.717) is 32.5 Å². The molecule has 0 unspecified atom stereocenters. The number of carbonyl (C=O) groups is 1. The molecule has 0 aromatic rings. The summed E-state index contributed by atoms with van der Waals surface area (Å²) >= 11 is 0. The molecule has 0 saturated carbocycles. The van der Waals surface area contributed by atoms with Crippen molar-refractivity contribution in [3.63, 3.8) is 0 Å². The monoisotopic (exact) mass is 278 g/mol. The maximum absolute atomic E-state index is 11.9. The highest BCUT2D eigenvalue weighted by Gasteiger charge is 2.30. The summed E-state index contributed by atoms with van der Waals surface area (Å²) in [5.41, 5.74) is 0. The highest BCUT2D eigenvalue weighted by Crippen LogP contribution is 2.19. The Morgan fingerprint density at radius 2 is 1.94 bits per heavy atom. The minimum Gasteiger partial charge on any atom is -0.481 e. The number of carboxylic acid groups (broad SMARTS) is 1. The van der Waals surface area contributed by atoms with Crippen LogP contribution in [0.5, 0.6) is 0 Å². The molecule has 106 valence electrons. The second-order valence-corrected chi connectivity index (χ2v) is 6.37. The van der Waals surface area contributed by atoms with Crippen molar-refractivity contribution in [1.82, 2.24) is 9.03 Å². The summed E-state index contributed by atoms with van der Waals surface area (Å²) in [7, 11) is -3.42. The van der Waals surface area contributed by atoms with Crippen LogP contribution in [0.15, 0.2) is 0 Å². The van der Waals surface area contributed by atoms with Gasteiger partial charge in [0.2, 0.25) is 0 Å². The lowest BCUT2D eigenvalue weighted by Crippen LogP contribution is -2.46. The van der Waals surface area contributed by atoms with E-state index in [-0.39, 0.29) is 0 Å². The molecule has 1 aliphatic heterocycles. The Kier molecular flexibility index (Phi) is 6.04. The summed E-state index contributed by atoms with van der Waals surface area (Å²) < 4.78 is 27.7. The van der Waals surface area contributed by atoms with E-state index in [1.54, 1.807) is 0 Å². The molecule has 1 aliphatic rings. The van der Waals surface area contributed by atoms with Crippen molar-refractivity contribution in [3.05, 3.63) is 0 Å². The predicted molar refractivity (Wildman–Crippen MR) is 68.4 cm³/mol. The number of aliphatic carboxylic acids is 1. The molecular formula is C11H22N2O4S. The lowest BCUT2D eigenvalue weighted by atomic mass is 9.99. The van der Waals surface area contributed by atoms with E-state index in [2.05, 4.69) is 11.6 Å². The number of nitrogens with one attached hydrogen (secondary N) is 1. The molecule has 1 saturated heterocycles. The first-order chi connectivity index (χ1) is 8.47. The maximum atomic E-state index is 11.9. The Labute approximate surface area is 109 Å². The van der Waals surface area contributed by atoms with Crippen LogP contribution in [0.1, 0.15) is 39.0 Å². The highest BCUT2D eigenvalue weighted by atomic mass is 32.2. The summed E-state index contributed by atoms with van der Waals surface area (Å²) in [6, 6.07) is 0. The standard InChI is InChI=1S/C11H22N2O4S/c1-2-3-4-7-12-18(16,17)13-8-5-10(6-9-13)11(14)15/h10,12H,2-9H2,1H3,(H,14,15). The average molecular weight is 278 g/mol. The normalized spacial score (nSPS) is 18.9. The Bertz CT molecular complexity index is 361. The lowest BCUT2D eigenvalue weighted by molar-refractivity contribution is -0.142. The van der Waals surface area contributed by atoms with Gasteiger partial charge in [0.25, 0.3) is 10.2 Å². The van der Waals surface area contributed by atoms with Crippen LogP contribution in [0.3, 0.4) is 0 Å². The van der Waals surface area contributed by atoms with Gasteiger partial charge in [-0.25, -0.2) is 4.72 Å². The van der Waals surface area contributed by atoms with Crippen LogP contribution in [0.4, 0.5) is 0 Å². The Hall–Kier alpha value is -0.660. The Morgan fingerprint density at radius 1 is 1.33 bits per heavy atom. The maximum Gasteiger partial charge on any atom is 0.306 e. The quantitative estimate of drug-likeness (QED) is 0.675. The number of piperidine rings is 1. The van der Waals surface area contributed by atoms with Gasteiger partial charge in [0.15, 0.2) is 0 Å². The van der Waals surface area contributed by atoms with Crippen LogP contribution in [0, 0.1) is 5.92 Å². The summed E-state index contributed by atoms with van der Waals surface area (Å²) in [5.74, 6) is -1.24. The molecule has 0 amide bonds. The van der Waals surface area contributed by atoms with Gasteiger partial charge in [0.1, 0.15) is 0 Å². The molecule has 1 heterocycles. The van der Waals surface area contributed by atoms with E-state index in [1.807, 2.05) is 0 Å². The number of carboxylic acids is 1. The topological polar surface area (TPSA) is 86.7 Å². The molecule has 0 radical (unpaired) electrons. The van der Waals surface area contributed by atoms with Crippen LogP contribution in [0.2, 0.25) is 0 Å². The molecule has 18 heavy (non-hydrogen) atoms. The van der Waals surface area contributed by atoms with Gasteiger partial charge < -0.3 is 5.11 Å². The number of unbranched alkanes of at least 4 members (excludes halogenated alkanes) is 2. The fourth-order valence-corrected chi connectivity index (χ4v) is 3.29. The van der Waals surface area contributed by atoms with Crippen molar-refractivity contribution in [3.8, 4) is 0 Å². The molecule has 1 fully saturated rings. The van der Waals surface area contributed by atoms with E-state index < -0.39 is 22.1 Å². The van der Waals surface area contributed by atoms with Gasteiger partial charge in [-0.15, -0.1) is 0 Å². The smallest absolute Gasteiger partial charge is 0.306 e. The van der Waals surface area contributed by atoms with Crippen LogP contribution in [0.25, 0.3) is 0 Å². The predicted octanol–water partition coefficient (Wildman–Crippen LogP) is 0.808. The fraction of sp³-hybridized carbons (Fsp3) is 0.909. The molecule has 0 bridgehead atoms. The first kappa shape index (κ1) is 15.4. The van der Waals surface area contributed by atoms with E-state index >= 15 is 0 Å². The SMILES string of the molecule is CCCCCNS(=O)(=O)N1CCC(C(=O)O)CC1. The van der Waals surface area contributed by atoms with Crippen molar-refractivity contribution in [2.75, 3.05) is 19.6 Å². The largest absolute Gasteiger partial charge is 0.481 e. The Morgan fingerprint density at radius 3 is 2.44 bits per heavy atom. The molecule has 7 heteroatoms. The molecule has 2 N–H and O–H groups in total. The van der Waals surface area contributed by atoms with Crippen LogP contribution >= 0.6 is 0 Å². The van der Waals surface area contributed by atoms with Gasteiger partial charge in [-0.3, -0.25) is 4.79 Å². The van der Waals surface area contributed by atoms with Gasteiger partial charge >= 0.3 is 5.97 Å². The van der Waals surface area contributed by atoms with Crippen molar-refractivity contribution < 1.29 is 18.3 Å². The molecular weight excluding hydrogens is 256 g/mol. The summed E-state index contributed by atoms with van der Waals surface area (Å²) in [6.07, 6.45) is 3.67. The number of nitrogens with zero attached hydrogens (tertiary/aromatic N) is 1. The molecule has 0 aliphatic carbocycles. The lowest BCUT2D eigenvalue weighted by Gasteiger charge is -2.29. The van der Waals surface area contributed by atoms with E-state index in [1.165, 1.54) is 4.31 Å². The van der Waals surface area contributed by atoms with E-state index in [9.17, 15) is 13.2 Å². The average Bonchev–Trinajstić information content (AvgIpc) is 2.35. The zero-order chi connectivity index (χ0) is 13.6. The van der Waals surface area contributed by atoms with Crippen molar-refractivity contribution in [1.29, 1.82) is 0 Å². The second kappa shape index (κ2) is 7.06. The first-order valence-electron chi connectivity index (χ1n) is 6.45. The minimum atomic E-state index is -3.42.